The molecule has 1 saturated heterocycles. The number of aromatic nitrogens is 2. The Morgan fingerprint density at radius 1 is 1.17 bits per heavy atom. The lowest BCUT2D eigenvalue weighted by Gasteiger charge is -2.18. The second-order valence-corrected chi connectivity index (χ2v) is 8.42. The Hall–Kier alpha value is -1.39. The molecular formula is C10H13F3N2O12P2. The van der Waals surface area contributed by atoms with Gasteiger partial charge in [-0.25, -0.2) is 13.9 Å². The predicted molar refractivity (Wildman–Crippen MR) is 81.2 cm³/mol. The van der Waals surface area contributed by atoms with Gasteiger partial charge in [-0.3, -0.25) is 18.9 Å². The van der Waals surface area contributed by atoms with Crippen LogP contribution in [0.15, 0.2) is 15.8 Å². The molecule has 5 atom stereocenters. The number of aromatic amines is 1. The fourth-order valence-corrected chi connectivity index (χ4v) is 3.90. The van der Waals surface area contributed by atoms with Crippen molar-refractivity contribution in [1.29, 1.82) is 0 Å². The minimum Gasteiger partial charge on any atom is -0.387 e. The van der Waals surface area contributed by atoms with Crippen molar-refractivity contribution in [3.63, 3.8) is 0 Å². The summed E-state index contributed by atoms with van der Waals surface area (Å²) in [6.45, 7) is -1.13. The van der Waals surface area contributed by atoms with Crippen LogP contribution in [-0.4, -0.2) is 59.4 Å². The highest BCUT2D eigenvalue weighted by Gasteiger charge is 2.46. The maximum absolute atomic E-state index is 12.8. The van der Waals surface area contributed by atoms with Crippen LogP contribution in [-0.2, 0) is 28.9 Å². The molecule has 2 rings (SSSR count). The standard InChI is InChI=1S/C10H13F3N2O12P2/c11-10(12,13)3-1-15(9(19)14-7(3)18)8-6(17)5(16)4(26-8)2-25-29(23,24)27-28(20,21)22/h1,4-6,8,16-17H,2H2,(H,23,24)(H,14,18,19)(H2,20,21,22)/t4-,5-,6-,8-/m0/s1. The maximum Gasteiger partial charge on any atom is 0.481 e. The van der Waals surface area contributed by atoms with Gasteiger partial charge in [0.1, 0.15) is 23.9 Å². The van der Waals surface area contributed by atoms with Crippen molar-refractivity contribution in [3.05, 3.63) is 32.6 Å². The number of nitrogens with zero attached hydrogens (tertiary/aromatic N) is 1. The van der Waals surface area contributed by atoms with Crippen LogP contribution in [0.4, 0.5) is 13.2 Å². The molecule has 1 aromatic rings. The molecule has 0 bridgehead atoms. The molecule has 1 aliphatic heterocycles. The first-order valence-corrected chi connectivity index (χ1v) is 10.2. The van der Waals surface area contributed by atoms with Crippen LogP contribution in [0, 0.1) is 0 Å². The van der Waals surface area contributed by atoms with Gasteiger partial charge in [0, 0.05) is 6.20 Å². The number of nitrogens with one attached hydrogen (secondary N) is 1. The normalized spacial score (nSPS) is 27.7. The number of rotatable bonds is 6. The summed E-state index contributed by atoms with van der Waals surface area (Å²) in [4.78, 5) is 50.5. The van der Waals surface area contributed by atoms with Gasteiger partial charge in [0.2, 0.25) is 0 Å². The number of alkyl halides is 3. The zero-order chi connectivity index (χ0) is 22.4. The van der Waals surface area contributed by atoms with E-state index in [4.69, 9.17) is 19.4 Å². The van der Waals surface area contributed by atoms with E-state index in [1.54, 1.807) is 0 Å². The maximum atomic E-state index is 12.8. The van der Waals surface area contributed by atoms with Gasteiger partial charge >= 0.3 is 27.5 Å². The van der Waals surface area contributed by atoms with Crippen LogP contribution in [0.2, 0.25) is 0 Å². The van der Waals surface area contributed by atoms with Gasteiger partial charge in [-0.05, 0) is 0 Å². The predicted octanol–water partition coefficient (Wildman–Crippen LogP) is -1.60. The molecule has 19 heteroatoms. The van der Waals surface area contributed by atoms with Gasteiger partial charge in [-0.15, -0.1) is 0 Å². The van der Waals surface area contributed by atoms with Crippen LogP contribution in [0.5, 0.6) is 0 Å². The number of H-pyrrole nitrogens is 1. The van der Waals surface area contributed by atoms with Gasteiger partial charge in [-0.1, -0.05) is 0 Å². The monoisotopic (exact) mass is 472 g/mol. The van der Waals surface area contributed by atoms with E-state index in [1.807, 2.05) is 0 Å². The van der Waals surface area contributed by atoms with Crippen molar-refractivity contribution in [3.8, 4) is 0 Å². The van der Waals surface area contributed by atoms with Crippen molar-refractivity contribution < 1.29 is 60.8 Å². The third-order valence-corrected chi connectivity index (χ3v) is 5.65. The lowest BCUT2D eigenvalue weighted by atomic mass is 10.1. The highest BCUT2D eigenvalue weighted by atomic mass is 31.3. The van der Waals surface area contributed by atoms with E-state index in [0.717, 1.165) is 0 Å². The number of halogens is 3. The fourth-order valence-electron chi connectivity index (χ4n) is 2.30. The van der Waals surface area contributed by atoms with Gasteiger partial charge in [0.25, 0.3) is 5.56 Å². The lowest BCUT2D eigenvalue weighted by molar-refractivity contribution is -0.140. The number of ether oxygens (including phenoxy) is 1. The molecule has 1 aromatic heterocycles. The second kappa shape index (κ2) is 8.03. The molecule has 14 nitrogen and oxygen atoms in total. The summed E-state index contributed by atoms with van der Waals surface area (Å²) in [7, 11) is -10.8. The molecule has 0 amide bonds. The summed E-state index contributed by atoms with van der Waals surface area (Å²) >= 11 is 0. The average Bonchev–Trinajstić information content (AvgIpc) is 2.78. The summed E-state index contributed by atoms with van der Waals surface area (Å²) < 4.78 is 73.2. The van der Waals surface area contributed by atoms with E-state index < -0.39 is 69.8 Å². The summed E-state index contributed by atoms with van der Waals surface area (Å²) in [6, 6.07) is 0. The molecule has 2 heterocycles. The van der Waals surface area contributed by atoms with Gasteiger partial charge in [0.05, 0.1) is 6.61 Å². The molecule has 1 unspecified atom stereocenters. The molecule has 1 aliphatic rings. The molecule has 0 radical (unpaired) electrons. The van der Waals surface area contributed by atoms with Crippen molar-refractivity contribution in [1.82, 2.24) is 9.55 Å². The van der Waals surface area contributed by atoms with Crippen molar-refractivity contribution in [2.24, 2.45) is 0 Å². The SMILES string of the molecule is O=c1[nH]c(=O)n([C@H]2O[C@@H](COP(=O)(O)OP(=O)(O)O)[C@H](O)[C@@H]2O)cc1C(F)(F)F. The van der Waals surface area contributed by atoms with Crippen LogP contribution in [0.1, 0.15) is 11.8 Å². The number of aliphatic hydroxyl groups is 2. The quantitative estimate of drug-likeness (QED) is 0.258. The Morgan fingerprint density at radius 2 is 1.76 bits per heavy atom. The molecule has 29 heavy (non-hydrogen) atoms. The largest absolute Gasteiger partial charge is 0.481 e. The summed E-state index contributed by atoms with van der Waals surface area (Å²) in [6.07, 6.45) is -12.9. The first kappa shape index (κ1) is 23.9. The highest BCUT2D eigenvalue weighted by molar-refractivity contribution is 7.60. The van der Waals surface area contributed by atoms with Crippen LogP contribution in [0.25, 0.3) is 0 Å². The molecule has 1 fully saturated rings. The smallest absolute Gasteiger partial charge is 0.387 e. The van der Waals surface area contributed by atoms with Crippen molar-refractivity contribution >= 4 is 15.6 Å². The third-order valence-electron chi connectivity index (χ3n) is 3.50. The topological polar surface area (TPSA) is 218 Å². The Balaban J connectivity index is 2.24. The first-order valence-electron chi connectivity index (χ1n) is 7.20. The molecular weight excluding hydrogens is 459 g/mol. The molecule has 6 N–H and O–H groups in total. The average molecular weight is 472 g/mol. The van der Waals surface area contributed by atoms with E-state index in [9.17, 15) is 42.1 Å². The van der Waals surface area contributed by atoms with Gasteiger partial charge in [0.15, 0.2) is 6.23 Å². The Kier molecular flexibility index (Phi) is 6.62. The number of hydrogen-bond donors (Lipinski definition) is 6. The van der Waals surface area contributed by atoms with Crippen molar-refractivity contribution in [2.75, 3.05) is 6.61 Å². The molecule has 0 aliphatic carbocycles. The van der Waals surface area contributed by atoms with Gasteiger partial charge < -0.3 is 29.6 Å². The summed E-state index contributed by atoms with van der Waals surface area (Å²) in [5, 5.41) is 19.8. The number of phosphoric ester groups is 1. The zero-order valence-corrected chi connectivity index (χ0v) is 15.5. The summed E-state index contributed by atoms with van der Waals surface area (Å²) in [5.41, 5.74) is -5.00. The summed E-state index contributed by atoms with van der Waals surface area (Å²) in [5.74, 6) is 0. The van der Waals surface area contributed by atoms with Gasteiger partial charge in [-0.2, -0.15) is 17.5 Å². The Labute approximate surface area is 156 Å². The van der Waals surface area contributed by atoms with Crippen LogP contribution < -0.4 is 11.2 Å². The van der Waals surface area contributed by atoms with E-state index >= 15 is 0 Å². The second-order valence-electron chi connectivity index (χ2n) is 5.59. The van der Waals surface area contributed by atoms with E-state index in [1.165, 1.54) is 4.98 Å². The molecule has 166 valence electrons. The first-order chi connectivity index (χ1) is 13.0. The van der Waals surface area contributed by atoms with E-state index in [-0.39, 0.29) is 10.8 Å². The molecule has 0 spiro atoms. The Morgan fingerprint density at radius 3 is 2.28 bits per heavy atom. The minimum atomic E-state index is -5.45. The van der Waals surface area contributed by atoms with E-state index in [2.05, 4.69) is 8.83 Å². The number of hydrogen-bond acceptors (Lipinski definition) is 9. The minimum absolute atomic E-state index is 0.0405. The third kappa shape index (κ3) is 5.82. The number of phosphoric acid groups is 2. The highest BCUT2D eigenvalue weighted by Crippen LogP contribution is 2.57. The molecule has 0 saturated carbocycles. The fraction of sp³-hybridized carbons (Fsp3) is 0.600. The lowest BCUT2D eigenvalue weighted by Crippen LogP contribution is -2.40. The zero-order valence-electron chi connectivity index (χ0n) is 13.7. The Bertz CT molecular complexity index is 970. The van der Waals surface area contributed by atoms with E-state index in [0.29, 0.717) is 0 Å². The van der Waals surface area contributed by atoms with Crippen LogP contribution >= 0.6 is 15.6 Å². The van der Waals surface area contributed by atoms with Crippen molar-refractivity contribution in [2.45, 2.75) is 30.7 Å². The number of aliphatic hydroxyl groups excluding tert-OH is 2. The van der Waals surface area contributed by atoms with Crippen LogP contribution in [0.3, 0.4) is 0 Å². The molecule has 0 aromatic carbocycles.